The highest BCUT2D eigenvalue weighted by Crippen LogP contribution is 2.14. The second-order valence-corrected chi connectivity index (χ2v) is 2.99. The summed E-state index contributed by atoms with van der Waals surface area (Å²) in [4.78, 5) is 11.1. The summed E-state index contributed by atoms with van der Waals surface area (Å²) in [5, 5.41) is 3.21. The molecule has 3 nitrogen and oxygen atoms in total. The molecular weight excluding hydrogens is 142 g/mol. The van der Waals surface area contributed by atoms with Crippen LogP contribution in [0.5, 0.6) is 0 Å². The molecule has 0 amide bonds. The molecule has 1 rings (SSSR count). The van der Waals surface area contributed by atoms with Crippen molar-refractivity contribution < 1.29 is 9.53 Å². The average Bonchev–Trinajstić information content (AvgIpc) is 2.36. The van der Waals surface area contributed by atoms with Crippen molar-refractivity contribution in [1.29, 1.82) is 0 Å². The molecule has 0 aromatic heterocycles. The zero-order chi connectivity index (χ0) is 8.27. The fourth-order valence-corrected chi connectivity index (χ4v) is 1.38. The van der Waals surface area contributed by atoms with Gasteiger partial charge in [-0.25, -0.2) is 0 Å². The maximum Gasteiger partial charge on any atom is 0.310 e. The molecule has 0 aliphatic carbocycles. The van der Waals surface area contributed by atoms with Gasteiger partial charge in [-0.15, -0.1) is 0 Å². The van der Waals surface area contributed by atoms with Gasteiger partial charge in [0.05, 0.1) is 12.5 Å². The van der Waals surface area contributed by atoms with Crippen molar-refractivity contribution in [2.75, 3.05) is 13.2 Å². The van der Waals surface area contributed by atoms with Crippen LogP contribution in [-0.4, -0.2) is 25.2 Å². The number of nitrogens with one attached hydrogen (secondary N) is 1. The number of rotatable bonds is 2. The summed E-state index contributed by atoms with van der Waals surface area (Å²) >= 11 is 0. The van der Waals surface area contributed by atoms with Crippen molar-refractivity contribution in [2.24, 2.45) is 5.92 Å². The molecule has 0 saturated carbocycles. The summed E-state index contributed by atoms with van der Waals surface area (Å²) in [5.74, 6) is 0.0364. The lowest BCUT2D eigenvalue weighted by Gasteiger charge is -2.06. The van der Waals surface area contributed by atoms with E-state index in [1.54, 1.807) is 0 Å². The van der Waals surface area contributed by atoms with Crippen LogP contribution in [0.3, 0.4) is 0 Å². The van der Waals surface area contributed by atoms with E-state index >= 15 is 0 Å². The quantitative estimate of drug-likeness (QED) is 0.595. The Balaban J connectivity index is 2.31. The highest BCUT2D eigenvalue weighted by molar-refractivity contribution is 5.73. The lowest BCUT2D eigenvalue weighted by atomic mass is 10.1. The first-order valence-electron chi connectivity index (χ1n) is 4.14. The van der Waals surface area contributed by atoms with Crippen molar-refractivity contribution in [3.63, 3.8) is 0 Å². The minimum absolute atomic E-state index is 0.0515. The zero-order valence-electron chi connectivity index (χ0n) is 7.09. The topological polar surface area (TPSA) is 38.3 Å². The number of ether oxygens (including phenoxy) is 1. The van der Waals surface area contributed by atoms with Gasteiger partial charge in [0.15, 0.2) is 0 Å². The molecule has 0 unspecified atom stereocenters. The molecule has 0 bridgehead atoms. The van der Waals surface area contributed by atoms with E-state index < -0.39 is 0 Å². The summed E-state index contributed by atoms with van der Waals surface area (Å²) < 4.78 is 4.90. The fourth-order valence-electron chi connectivity index (χ4n) is 1.38. The van der Waals surface area contributed by atoms with Crippen molar-refractivity contribution in [3.05, 3.63) is 0 Å². The van der Waals surface area contributed by atoms with Gasteiger partial charge in [0, 0.05) is 12.6 Å². The van der Waals surface area contributed by atoms with Gasteiger partial charge in [-0.2, -0.15) is 0 Å². The molecule has 0 spiro atoms. The van der Waals surface area contributed by atoms with Crippen LogP contribution in [0.4, 0.5) is 0 Å². The first kappa shape index (κ1) is 8.53. The molecule has 1 aliphatic heterocycles. The van der Waals surface area contributed by atoms with Crippen molar-refractivity contribution in [1.82, 2.24) is 5.32 Å². The van der Waals surface area contributed by atoms with Crippen LogP contribution < -0.4 is 5.32 Å². The monoisotopic (exact) mass is 157 g/mol. The van der Waals surface area contributed by atoms with Crippen molar-refractivity contribution >= 4 is 5.97 Å². The van der Waals surface area contributed by atoms with E-state index in [0.717, 1.165) is 13.0 Å². The molecule has 1 heterocycles. The summed E-state index contributed by atoms with van der Waals surface area (Å²) in [6, 6.07) is 0.462. The molecule has 0 radical (unpaired) electrons. The molecule has 3 heteroatoms. The van der Waals surface area contributed by atoms with Gasteiger partial charge in [-0.3, -0.25) is 4.79 Å². The Bertz CT molecular complexity index is 147. The van der Waals surface area contributed by atoms with E-state index in [2.05, 4.69) is 12.2 Å². The van der Waals surface area contributed by atoms with Crippen LogP contribution in [-0.2, 0) is 9.53 Å². The Morgan fingerprint density at radius 2 is 2.45 bits per heavy atom. The van der Waals surface area contributed by atoms with Gasteiger partial charge in [-0.05, 0) is 20.3 Å². The van der Waals surface area contributed by atoms with Crippen LogP contribution in [0.2, 0.25) is 0 Å². The predicted molar refractivity (Wildman–Crippen MR) is 42.2 cm³/mol. The van der Waals surface area contributed by atoms with Crippen LogP contribution in [0, 0.1) is 5.92 Å². The first-order valence-corrected chi connectivity index (χ1v) is 4.14. The highest BCUT2D eigenvalue weighted by atomic mass is 16.5. The second-order valence-electron chi connectivity index (χ2n) is 2.99. The summed E-state index contributed by atoms with van der Waals surface area (Å²) in [6.07, 6.45) is 0.916. The van der Waals surface area contributed by atoms with Crippen molar-refractivity contribution in [3.8, 4) is 0 Å². The maximum atomic E-state index is 11.1. The van der Waals surface area contributed by atoms with E-state index in [1.807, 2.05) is 6.92 Å². The molecular formula is C8H15NO2. The largest absolute Gasteiger partial charge is 0.466 e. The van der Waals surface area contributed by atoms with Gasteiger partial charge >= 0.3 is 5.97 Å². The Kier molecular flexibility index (Phi) is 2.88. The molecule has 64 valence electrons. The lowest BCUT2D eigenvalue weighted by molar-refractivity contribution is -0.147. The number of hydrogen-bond acceptors (Lipinski definition) is 3. The Labute approximate surface area is 67.1 Å². The summed E-state index contributed by atoms with van der Waals surface area (Å²) in [6.45, 7) is 5.19. The van der Waals surface area contributed by atoms with Gasteiger partial charge in [0.25, 0.3) is 0 Å². The van der Waals surface area contributed by atoms with Crippen LogP contribution in [0.1, 0.15) is 20.3 Å². The third-order valence-corrected chi connectivity index (χ3v) is 1.97. The SMILES string of the molecule is CCOC(=O)[C@H]1CN[C@@H](C)C1. The smallest absolute Gasteiger partial charge is 0.310 e. The summed E-state index contributed by atoms with van der Waals surface area (Å²) in [5.41, 5.74) is 0. The van der Waals surface area contributed by atoms with Gasteiger partial charge in [0.1, 0.15) is 0 Å². The number of carbonyl (C=O) groups is 1. The van der Waals surface area contributed by atoms with Crippen LogP contribution >= 0.6 is 0 Å². The highest BCUT2D eigenvalue weighted by Gasteiger charge is 2.27. The normalized spacial score (nSPS) is 30.4. The molecule has 2 atom stereocenters. The fraction of sp³-hybridized carbons (Fsp3) is 0.875. The Morgan fingerprint density at radius 1 is 1.73 bits per heavy atom. The number of carbonyl (C=O) groups excluding carboxylic acids is 1. The number of esters is 1. The van der Waals surface area contributed by atoms with Crippen LogP contribution in [0.15, 0.2) is 0 Å². The van der Waals surface area contributed by atoms with E-state index in [0.29, 0.717) is 12.6 Å². The van der Waals surface area contributed by atoms with Crippen molar-refractivity contribution in [2.45, 2.75) is 26.3 Å². The van der Waals surface area contributed by atoms with E-state index in [-0.39, 0.29) is 11.9 Å². The standard InChI is InChI=1S/C8H15NO2/c1-3-11-8(10)7-4-6(2)9-5-7/h6-7,9H,3-5H2,1-2H3/t6-,7+/m0/s1. The lowest BCUT2D eigenvalue weighted by Crippen LogP contribution is -2.20. The van der Waals surface area contributed by atoms with Gasteiger partial charge in [-0.1, -0.05) is 0 Å². The molecule has 1 N–H and O–H groups in total. The molecule has 1 fully saturated rings. The molecule has 0 aromatic rings. The Morgan fingerprint density at radius 3 is 2.91 bits per heavy atom. The summed E-state index contributed by atoms with van der Waals surface area (Å²) in [7, 11) is 0. The third-order valence-electron chi connectivity index (χ3n) is 1.97. The van der Waals surface area contributed by atoms with Crippen LogP contribution in [0.25, 0.3) is 0 Å². The maximum absolute atomic E-state index is 11.1. The van der Waals surface area contributed by atoms with E-state index in [4.69, 9.17) is 4.74 Å². The zero-order valence-corrected chi connectivity index (χ0v) is 7.09. The Hall–Kier alpha value is -0.570. The second kappa shape index (κ2) is 3.72. The van der Waals surface area contributed by atoms with E-state index in [1.165, 1.54) is 0 Å². The minimum atomic E-state index is -0.0515. The predicted octanol–water partition coefficient (Wildman–Crippen LogP) is 0.547. The first-order chi connectivity index (χ1) is 5.24. The molecule has 11 heavy (non-hydrogen) atoms. The molecule has 1 saturated heterocycles. The van der Waals surface area contributed by atoms with Gasteiger partial charge in [0.2, 0.25) is 0 Å². The number of hydrogen-bond donors (Lipinski definition) is 1. The average molecular weight is 157 g/mol. The molecule has 0 aromatic carbocycles. The molecule has 1 aliphatic rings. The van der Waals surface area contributed by atoms with E-state index in [9.17, 15) is 4.79 Å². The minimum Gasteiger partial charge on any atom is -0.466 e. The van der Waals surface area contributed by atoms with Gasteiger partial charge < -0.3 is 10.1 Å². The third kappa shape index (κ3) is 2.19.